The van der Waals surface area contributed by atoms with Crippen molar-refractivity contribution in [1.82, 2.24) is 4.90 Å². The summed E-state index contributed by atoms with van der Waals surface area (Å²) in [5, 5.41) is 98.2. The highest BCUT2D eigenvalue weighted by Crippen LogP contribution is 2.86. The molecule has 0 saturated carbocycles. The van der Waals surface area contributed by atoms with Gasteiger partial charge in [-0.2, -0.15) is 0 Å². The molecule has 0 radical (unpaired) electrons. The summed E-state index contributed by atoms with van der Waals surface area (Å²) in [5.41, 5.74) is 6.64. The number of hydrogen-bond donors (Lipinski definition) is 0. The van der Waals surface area contributed by atoms with Gasteiger partial charge < -0.3 is 0 Å². The summed E-state index contributed by atoms with van der Waals surface area (Å²) in [6.45, 7) is 1.06. The van der Waals surface area contributed by atoms with Gasteiger partial charge in [-0.3, -0.25) is 4.90 Å². The third-order valence-electron chi connectivity index (χ3n) is 26.2. The van der Waals surface area contributed by atoms with Crippen LogP contribution in [0.5, 0.6) is 0 Å². The lowest BCUT2D eigenvalue weighted by Crippen LogP contribution is -2.54. The summed E-state index contributed by atoms with van der Waals surface area (Å²) in [6, 6.07) is 0.207. The number of likely N-dealkylation sites (N-methyl/N-ethyl adjacent to an activating group) is 1. The summed E-state index contributed by atoms with van der Waals surface area (Å²) in [4.78, 5) is 4.59. The van der Waals surface area contributed by atoms with Gasteiger partial charge in [0.15, 0.2) is 0 Å². The van der Waals surface area contributed by atoms with E-state index in [1.807, 2.05) is 35.3 Å². The molecular formula is C69H9NS4. The van der Waals surface area contributed by atoms with Crippen molar-refractivity contribution in [2.24, 2.45) is 0 Å². The maximum Gasteiger partial charge on any atom is 0.0697 e. The van der Waals surface area contributed by atoms with Crippen LogP contribution in [0.1, 0.15) is 22.3 Å². The van der Waals surface area contributed by atoms with E-state index in [4.69, 9.17) is 0 Å². The Balaban J connectivity index is 1.08. The number of benzene rings is 18. The molecule has 5 heteroatoms. The van der Waals surface area contributed by atoms with Gasteiger partial charge >= 0.3 is 0 Å². The minimum atomic E-state index is -0.291. The van der Waals surface area contributed by atoms with Gasteiger partial charge in [0.25, 0.3) is 0 Å². The standard InChI is InChI=1S/C69H9NS4/c1-70-5-68-61-53-45-35-25-17-9-7-8-11-15-13(9)21-29-23(15)33-27-19(11)20-12(8)16-14-10(7)18(17)26-32-22(14)30-24(16)34-28(20)38-37(27)49-43(33)51-41(29)47(39(45)31(21)25)55(61)57(51)63-59(49)60-50(38)44(34)52-42(30)48-40(32)46(36(26)35)54(53)62(68)56(48)58(52)64(60)69(63,68)65(70)6-4-73-67(74-6)66-71-2-3-72-66/h2-4,65H,5H2,1H3. The second-order valence-electron chi connectivity index (χ2n) is 26.6. The highest BCUT2D eigenvalue weighted by molar-refractivity contribution is 8.33. The van der Waals surface area contributed by atoms with Crippen LogP contribution in [0.15, 0.2) is 29.6 Å². The second-order valence-corrected chi connectivity index (χ2v) is 30.9. The number of hydrogen-bond acceptors (Lipinski definition) is 5. The molecule has 0 bridgehead atoms. The van der Waals surface area contributed by atoms with E-state index >= 15 is 0 Å². The normalized spacial score (nSPS) is 25.3. The Labute approximate surface area is 421 Å². The molecule has 1 saturated heterocycles. The zero-order valence-corrected chi connectivity index (χ0v) is 40.9. The zero-order valence-electron chi connectivity index (χ0n) is 37.6. The smallest absolute Gasteiger partial charge is 0.0697 e. The lowest BCUT2D eigenvalue weighted by molar-refractivity contribution is 0.315. The summed E-state index contributed by atoms with van der Waals surface area (Å²) in [5.74, 6) is 0. The van der Waals surface area contributed by atoms with E-state index in [-0.39, 0.29) is 16.9 Å². The van der Waals surface area contributed by atoms with Crippen LogP contribution in [0.2, 0.25) is 0 Å². The largest absolute Gasteiger partial charge is 0.296 e. The first-order valence-electron chi connectivity index (χ1n) is 27.1. The van der Waals surface area contributed by atoms with Crippen LogP contribution in [0, 0.1) is 0 Å². The molecule has 7 aliphatic rings. The van der Waals surface area contributed by atoms with Gasteiger partial charge in [-0.1, -0.05) is 47.0 Å². The minimum Gasteiger partial charge on any atom is -0.296 e. The van der Waals surface area contributed by atoms with Gasteiger partial charge in [0.2, 0.25) is 0 Å². The molecular weight excluding hydrogens is 971 g/mol. The molecule has 28 aromatic rings. The van der Waals surface area contributed by atoms with Gasteiger partial charge in [-0.05, 0) is 336 Å². The Morgan fingerprint density at radius 1 is 0.297 bits per heavy atom. The molecule has 4 aliphatic carbocycles. The molecule has 314 valence electrons. The zero-order chi connectivity index (χ0) is 44.0. The van der Waals surface area contributed by atoms with E-state index in [2.05, 4.69) is 39.9 Å². The highest BCUT2D eigenvalue weighted by Gasteiger charge is 2.76. The molecule has 1 atom stereocenters. The van der Waals surface area contributed by atoms with Crippen LogP contribution >= 0.6 is 47.0 Å². The Bertz CT molecular complexity index is 7380. The van der Waals surface area contributed by atoms with Crippen molar-refractivity contribution in [3.05, 3.63) is 51.9 Å². The Morgan fingerprint density at radius 2 is 0.527 bits per heavy atom. The lowest BCUT2D eigenvalue weighted by atomic mass is 9.48. The maximum absolute atomic E-state index is 2.99. The van der Waals surface area contributed by atoms with Gasteiger partial charge in [0.05, 0.1) is 25.3 Å². The molecule has 3 aliphatic heterocycles. The Kier molecular flexibility index (Phi) is 2.70. The molecule has 0 N–H and O–H groups in total. The van der Waals surface area contributed by atoms with E-state index in [1.165, 1.54) is 8.47 Å². The van der Waals surface area contributed by atoms with Gasteiger partial charge in [0.1, 0.15) is 0 Å². The molecule has 28 aromatic carbocycles. The topological polar surface area (TPSA) is 3.24 Å². The molecule has 0 aromatic heterocycles. The van der Waals surface area contributed by atoms with Gasteiger partial charge in [-0.15, -0.1) is 0 Å². The molecule has 1 nitrogen and oxygen atoms in total. The van der Waals surface area contributed by atoms with Crippen molar-refractivity contribution in [3.63, 3.8) is 0 Å². The molecule has 3 heterocycles. The quantitative estimate of drug-likeness (QED) is 0.150. The Hall–Kier alpha value is -6.96. The van der Waals surface area contributed by atoms with Crippen molar-refractivity contribution in [3.8, 4) is 0 Å². The first-order valence-corrected chi connectivity index (χ1v) is 30.5. The van der Waals surface area contributed by atoms with E-state index in [0.29, 0.717) is 0 Å². The number of thioether (sulfide) groups is 4. The fraction of sp³-hybridized carbons (Fsp3) is 0.0725. The third-order valence-corrected chi connectivity index (χ3v) is 31.3. The average Bonchev–Trinajstić information content (AvgIpc) is 2.75. The predicted octanol–water partition coefficient (Wildman–Crippen LogP) is 20.0. The van der Waals surface area contributed by atoms with Crippen molar-refractivity contribution < 1.29 is 0 Å². The van der Waals surface area contributed by atoms with Gasteiger partial charge in [0, 0.05) is 11.4 Å². The maximum atomic E-state index is 2.99. The number of nitrogens with zero attached hydrogens (tertiary/aromatic N) is 1. The monoisotopic (exact) mass is 979 g/mol. The fourth-order valence-electron chi connectivity index (χ4n) is 26.3. The molecule has 1 fully saturated rings. The lowest BCUT2D eigenvalue weighted by Gasteiger charge is -2.52. The van der Waals surface area contributed by atoms with Crippen molar-refractivity contribution in [1.29, 1.82) is 0 Å². The van der Waals surface area contributed by atoms with Crippen LogP contribution in [0.3, 0.4) is 0 Å². The van der Waals surface area contributed by atoms with Crippen LogP contribution in [0.4, 0.5) is 0 Å². The van der Waals surface area contributed by atoms with Crippen molar-refractivity contribution >= 4 is 338 Å². The summed E-state index contributed by atoms with van der Waals surface area (Å²) < 4.78 is 2.97. The van der Waals surface area contributed by atoms with E-state index in [9.17, 15) is 0 Å². The molecule has 0 amide bonds. The van der Waals surface area contributed by atoms with Crippen LogP contribution in [-0.2, 0) is 10.8 Å². The summed E-state index contributed by atoms with van der Waals surface area (Å²) in [6.07, 6.45) is 0. The number of rotatable bonds is 1. The minimum absolute atomic E-state index is 0.207. The first kappa shape index (κ1) is 29.2. The SMILES string of the molecule is CN1CC23c4c5c6c7c8c9c(c%10c%11c2c2c4c4c%12c5c5c6c6c8c8c%13c9c9c%10c%10c%11c%11c2c2c4c4c%12c%12c5c5c6c8c6c8c%13c9c9c%10c%10c%11c2c2c4c4c%12c5c6c5c8c9c%10c2c45)C73C1C1=CSC(=C2SC=CS2)S1. The molecule has 2 spiro atoms. The first-order chi connectivity index (χ1) is 36.8. The Morgan fingerprint density at radius 3 is 0.784 bits per heavy atom. The molecule has 74 heavy (non-hydrogen) atoms. The summed E-state index contributed by atoms with van der Waals surface area (Å²) >= 11 is 8.09. The van der Waals surface area contributed by atoms with Gasteiger partial charge in [-0.25, -0.2) is 0 Å². The molecule has 35 rings (SSSR count). The molecule has 1 unspecified atom stereocenters. The summed E-state index contributed by atoms with van der Waals surface area (Å²) in [7, 11) is 2.61. The van der Waals surface area contributed by atoms with Crippen LogP contribution < -0.4 is 0 Å². The average molecular weight is 980 g/mol. The van der Waals surface area contributed by atoms with E-state index in [1.54, 1.807) is 318 Å². The van der Waals surface area contributed by atoms with E-state index in [0.717, 1.165) is 6.54 Å². The highest BCUT2D eigenvalue weighted by atomic mass is 32.2. The van der Waals surface area contributed by atoms with Crippen LogP contribution in [0.25, 0.3) is 291 Å². The van der Waals surface area contributed by atoms with E-state index < -0.39 is 0 Å². The third kappa shape index (κ3) is 1.63. The second kappa shape index (κ2) is 6.84. The number of likely N-dealkylation sites (tertiary alicyclic amines) is 1. The predicted molar refractivity (Wildman–Crippen MR) is 325 cm³/mol. The van der Waals surface area contributed by atoms with Crippen LogP contribution in [-0.4, -0.2) is 24.5 Å². The van der Waals surface area contributed by atoms with Crippen molar-refractivity contribution in [2.75, 3.05) is 13.6 Å². The van der Waals surface area contributed by atoms with Crippen molar-refractivity contribution in [2.45, 2.75) is 16.9 Å². The fourth-order valence-corrected chi connectivity index (χ4v) is 31.0.